The van der Waals surface area contributed by atoms with Gasteiger partial charge in [-0.1, -0.05) is 18.7 Å². The number of likely N-dealkylation sites (tertiary alicyclic amines) is 1. The van der Waals surface area contributed by atoms with E-state index in [1.165, 1.54) is 18.8 Å². The predicted octanol–water partition coefficient (Wildman–Crippen LogP) is 1.19. The monoisotopic (exact) mass is 309 g/mol. The molecule has 7 nitrogen and oxygen atoms in total. The Balaban J connectivity index is 2.15. The highest BCUT2D eigenvalue weighted by Crippen LogP contribution is 2.20. The largest absolute Gasteiger partial charge is 0.370 e. The molecule has 2 amide bonds. The highest BCUT2D eigenvalue weighted by Gasteiger charge is 2.36. The Kier molecular flexibility index (Phi) is 5.00. The fourth-order valence-corrected chi connectivity index (χ4v) is 2.36. The first-order valence-electron chi connectivity index (χ1n) is 6.79. The summed E-state index contributed by atoms with van der Waals surface area (Å²) in [5.74, 6) is 0.853. The quantitative estimate of drug-likeness (QED) is 0.463. The molecule has 1 aliphatic heterocycles. The van der Waals surface area contributed by atoms with E-state index in [2.05, 4.69) is 27.5 Å². The zero-order chi connectivity index (χ0) is 15.4. The topological polar surface area (TPSA) is 87.2 Å². The summed E-state index contributed by atoms with van der Waals surface area (Å²) < 4.78 is 0. The van der Waals surface area contributed by atoms with Gasteiger partial charge in [-0.2, -0.15) is 0 Å². The molecule has 0 saturated carbocycles. The lowest BCUT2D eigenvalue weighted by molar-refractivity contribution is -0.136. The normalized spacial score (nSPS) is 18.2. The van der Waals surface area contributed by atoms with E-state index in [0.29, 0.717) is 16.8 Å². The Bertz CT molecular complexity index is 551. The molecule has 1 unspecified atom stereocenters. The average molecular weight is 309 g/mol. The van der Waals surface area contributed by atoms with Gasteiger partial charge in [-0.05, 0) is 12.7 Å². The number of hydrogen-bond donors (Lipinski definition) is 2. The van der Waals surface area contributed by atoms with E-state index in [-0.39, 0.29) is 18.2 Å². The van der Waals surface area contributed by atoms with Crippen LogP contribution in [0.1, 0.15) is 19.8 Å². The number of nitrogens with zero attached hydrogens (tertiary/aromatic N) is 3. The van der Waals surface area contributed by atoms with Gasteiger partial charge in [0.25, 0.3) is 5.91 Å². The number of hydrogen-bond acceptors (Lipinski definition) is 7. The molecule has 2 N–H and O–H groups in total. The van der Waals surface area contributed by atoms with Crippen LogP contribution in [0.2, 0.25) is 0 Å². The molecule has 1 aromatic rings. The van der Waals surface area contributed by atoms with Crippen LogP contribution < -0.4 is 10.6 Å². The van der Waals surface area contributed by atoms with E-state index in [4.69, 9.17) is 0 Å². The summed E-state index contributed by atoms with van der Waals surface area (Å²) in [6.45, 7) is 2.88. The van der Waals surface area contributed by atoms with Gasteiger partial charge < -0.3 is 10.6 Å². The van der Waals surface area contributed by atoms with Crippen LogP contribution in [0.5, 0.6) is 0 Å². The number of carbonyl (C=O) groups is 2. The van der Waals surface area contributed by atoms with Gasteiger partial charge >= 0.3 is 0 Å². The Morgan fingerprint density at radius 2 is 2.10 bits per heavy atom. The Morgan fingerprint density at radius 3 is 2.67 bits per heavy atom. The van der Waals surface area contributed by atoms with Gasteiger partial charge in [0.15, 0.2) is 5.16 Å². The van der Waals surface area contributed by atoms with Crippen molar-refractivity contribution < 1.29 is 9.59 Å². The lowest BCUT2D eigenvalue weighted by atomic mass is 10.2. The summed E-state index contributed by atoms with van der Waals surface area (Å²) in [4.78, 5) is 33.3. The standard InChI is InChI=1S/C13H19N5O2S/c1-4-5-14-9-7-10(17-13(16-9)21-3)15-8-6-11(19)18(2)12(8)20/h7-8H,4-6H2,1-3H3,(H2,14,15,16,17). The van der Waals surface area contributed by atoms with Crippen molar-refractivity contribution in [3.63, 3.8) is 0 Å². The highest BCUT2D eigenvalue weighted by atomic mass is 32.2. The van der Waals surface area contributed by atoms with Gasteiger partial charge in [-0.15, -0.1) is 0 Å². The maximum atomic E-state index is 11.9. The summed E-state index contributed by atoms with van der Waals surface area (Å²) in [6.07, 6.45) is 3.04. The SMILES string of the molecule is CCCNc1cc(NC2CC(=O)N(C)C2=O)nc(SC)n1. The fourth-order valence-electron chi connectivity index (χ4n) is 1.98. The van der Waals surface area contributed by atoms with Crippen molar-refractivity contribution in [2.45, 2.75) is 31.0 Å². The van der Waals surface area contributed by atoms with Crippen molar-refractivity contribution >= 4 is 35.2 Å². The van der Waals surface area contributed by atoms with E-state index in [1.54, 1.807) is 6.07 Å². The highest BCUT2D eigenvalue weighted by molar-refractivity contribution is 7.98. The van der Waals surface area contributed by atoms with Crippen LogP contribution in [-0.4, -0.2) is 52.6 Å². The van der Waals surface area contributed by atoms with Crippen molar-refractivity contribution in [2.75, 3.05) is 30.5 Å². The number of imide groups is 1. The van der Waals surface area contributed by atoms with Gasteiger partial charge in [-0.3, -0.25) is 14.5 Å². The van der Waals surface area contributed by atoms with Crippen LogP contribution in [0.25, 0.3) is 0 Å². The molecule has 1 fully saturated rings. The summed E-state index contributed by atoms with van der Waals surface area (Å²) in [5.41, 5.74) is 0. The Morgan fingerprint density at radius 1 is 1.38 bits per heavy atom. The smallest absolute Gasteiger partial charge is 0.251 e. The van der Waals surface area contributed by atoms with Crippen LogP contribution in [0, 0.1) is 0 Å². The van der Waals surface area contributed by atoms with Crippen molar-refractivity contribution in [1.29, 1.82) is 0 Å². The second-order valence-electron chi connectivity index (χ2n) is 4.74. The average Bonchev–Trinajstić information content (AvgIpc) is 2.72. The zero-order valence-corrected chi connectivity index (χ0v) is 13.2. The molecule has 0 aliphatic carbocycles. The number of rotatable bonds is 6. The zero-order valence-electron chi connectivity index (χ0n) is 12.3. The lowest BCUT2D eigenvalue weighted by Crippen LogP contribution is -2.32. The molecule has 2 heterocycles. The molecule has 0 bridgehead atoms. The maximum absolute atomic E-state index is 11.9. The second-order valence-corrected chi connectivity index (χ2v) is 5.52. The maximum Gasteiger partial charge on any atom is 0.251 e. The van der Waals surface area contributed by atoms with Crippen LogP contribution in [-0.2, 0) is 9.59 Å². The molecule has 1 aromatic heterocycles. The van der Waals surface area contributed by atoms with Gasteiger partial charge in [0.2, 0.25) is 5.91 Å². The van der Waals surface area contributed by atoms with Crippen LogP contribution in [0.15, 0.2) is 11.2 Å². The van der Waals surface area contributed by atoms with Crippen LogP contribution in [0.3, 0.4) is 0 Å². The van der Waals surface area contributed by atoms with Crippen LogP contribution >= 0.6 is 11.8 Å². The van der Waals surface area contributed by atoms with E-state index < -0.39 is 6.04 Å². The van der Waals surface area contributed by atoms with Crippen molar-refractivity contribution in [2.24, 2.45) is 0 Å². The summed E-state index contributed by atoms with van der Waals surface area (Å²) in [7, 11) is 1.49. The fraction of sp³-hybridized carbons (Fsp3) is 0.538. The number of likely N-dealkylation sites (N-methyl/N-ethyl adjacent to an activating group) is 1. The van der Waals surface area contributed by atoms with E-state index in [1.807, 2.05) is 6.26 Å². The first-order valence-corrected chi connectivity index (χ1v) is 8.01. The molecule has 1 atom stereocenters. The number of anilines is 2. The van der Waals surface area contributed by atoms with Crippen molar-refractivity contribution in [1.82, 2.24) is 14.9 Å². The summed E-state index contributed by atoms with van der Waals surface area (Å²) in [5, 5.41) is 6.84. The number of amides is 2. The molecular formula is C13H19N5O2S. The van der Waals surface area contributed by atoms with Crippen molar-refractivity contribution in [3.8, 4) is 0 Å². The number of aromatic nitrogens is 2. The van der Waals surface area contributed by atoms with Gasteiger partial charge in [0, 0.05) is 19.7 Å². The minimum atomic E-state index is -0.550. The first kappa shape index (κ1) is 15.6. The Hall–Kier alpha value is -1.83. The van der Waals surface area contributed by atoms with Gasteiger partial charge in [0.05, 0.1) is 6.42 Å². The molecule has 1 saturated heterocycles. The number of nitrogens with one attached hydrogen (secondary N) is 2. The third-order valence-corrected chi connectivity index (χ3v) is 3.70. The van der Waals surface area contributed by atoms with E-state index in [9.17, 15) is 9.59 Å². The predicted molar refractivity (Wildman–Crippen MR) is 82.4 cm³/mol. The van der Waals surface area contributed by atoms with Gasteiger partial charge in [0.1, 0.15) is 17.7 Å². The molecule has 1 aliphatic rings. The molecule has 114 valence electrons. The summed E-state index contributed by atoms with van der Waals surface area (Å²) in [6, 6.07) is 1.21. The number of thioether (sulfide) groups is 1. The minimum absolute atomic E-state index is 0.158. The second kappa shape index (κ2) is 6.75. The molecule has 8 heteroatoms. The molecule has 0 radical (unpaired) electrons. The molecule has 21 heavy (non-hydrogen) atoms. The first-order chi connectivity index (χ1) is 10.0. The molecule has 2 rings (SSSR count). The lowest BCUT2D eigenvalue weighted by Gasteiger charge is -2.13. The molecule has 0 spiro atoms. The number of carbonyl (C=O) groups excluding carboxylic acids is 2. The third-order valence-electron chi connectivity index (χ3n) is 3.15. The van der Waals surface area contributed by atoms with Crippen LogP contribution in [0.4, 0.5) is 11.6 Å². The van der Waals surface area contributed by atoms with E-state index in [0.717, 1.165) is 17.9 Å². The Labute approximate surface area is 127 Å². The van der Waals surface area contributed by atoms with Crippen molar-refractivity contribution in [3.05, 3.63) is 6.07 Å². The van der Waals surface area contributed by atoms with Gasteiger partial charge in [-0.25, -0.2) is 9.97 Å². The summed E-state index contributed by atoms with van der Waals surface area (Å²) >= 11 is 1.43. The minimum Gasteiger partial charge on any atom is -0.370 e. The molecular weight excluding hydrogens is 290 g/mol. The third kappa shape index (κ3) is 3.63. The van der Waals surface area contributed by atoms with E-state index >= 15 is 0 Å². The molecule has 0 aromatic carbocycles.